The van der Waals surface area contributed by atoms with Crippen LogP contribution in [-0.2, 0) is 0 Å². The van der Waals surface area contributed by atoms with Crippen LogP contribution in [0.3, 0.4) is 0 Å². The highest BCUT2D eigenvalue weighted by Crippen LogP contribution is 2.42. The van der Waals surface area contributed by atoms with Crippen LogP contribution in [0.4, 0.5) is 0 Å². The van der Waals surface area contributed by atoms with Crippen LogP contribution in [0.1, 0.15) is 0 Å². The summed E-state index contributed by atoms with van der Waals surface area (Å²) in [5, 5.41) is 4.56. The first-order valence-corrected chi connectivity index (χ1v) is 18.8. The molecule has 0 N–H and O–H groups in total. The fourth-order valence-electron chi connectivity index (χ4n) is 8.04. The van der Waals surface area contributed by atoms with Gasteiger partial charge in [-0.15, -0.1) is 0 Å². The quantitative estimate of drug-likeness (QED) is 0.172. The number of rotatable bonds is 6. The van der Waals surface area contributed by atoms with Crippen LogP contribution < -0.4 is 0 Å². The SMILES string of the molecule is c1ccc(-c2nc(-c3ccc(-c4cccc(-c5ccc(-c6ccccc6)c6c5oc5ccccc56)c4)cc3)nc(-n3c4ccccc4c4ccccc43)n2)cc1. The van der Waals surface area contributed by atoms with E-state index in [-0.39, 0.29) is 0 Å². The molecular weight excluding hydrogens is 685 g/mol. The van der Waals surface area contributed by atoms with Crippen LogP contribution >= 0.6 is 0 Å². The highest BCUT2D eigenvalue weighted by Gasteiger charge is 2.19. The Morgan fingerprint density at radius 3 is 1.57 bits per heavy atom. The molecular formula is C51H32N4O. The van der Waals surface area contributed by atoms with Crippen LogP contribution in [0, 0.1) is 0 Å². The molecule has 11 rings (SSSR count). The van der Waals surface area contributed by atoms with Gasteiger partial charge in [0.1, 0.15) is 11.2 Å². The van der Waals surface area contributed by atoms with Crippen molar-refractivity contribution in [3.05, 3.63) is 194 Å². The fraction of sp³-hybridized carbons (Fsp3) is 0. The summed E-state index contributed by atoms with van der Waals surface area (Å²) < 4.78 is 8.76. The lowest BCUT2D eigenvalue weighted by Crippen LogP contribution is -2.06. The molecule has 0 aliphatic heterocycles. The minimum Gasteiger partial charge on any atom is -0.455 e. The Bertz CT molecular complexity index is 3180. The first-order valence-electron chi connectivity index (χ1n) is 18.8. The summed E-state index contributed by atoms with van der Waals surface area (Å²) in [4.78, 5) is 15.2. The second-order valence-corrected chi connectivity index (χ2v) is 14.0. The molecule has 0 radical (unpaired) electrons. The number of hydrogen-bond acceptors (Lipinski definition) is 4. The fourth-order valence-corrected chi connectivity index (χ4v) is 8.04. The van der Waals surface area contributed by atoms with Gasteiger partial charge in [-0.05, 0) is 58.1 Å². The van der Waals surface area contributed by atoms with Crippen molar-refractivity contribution in [3.8, 4) is 62.1 Å². The van der Waals surface area contributed by atoms with Gasteiger partial charge < -0.3 is 4.42 Å². The molecule has 3 heterocycles. The second kappa shape index (κ2) is 13.0. The molecule has 0 spiro atoms. The van der Waals surface area contributed by atoms with Gasteiger partial charge >= 0.3 is 0 Å². The summed E-state index contributed by atoms with van der Waals surface area (Å²) in [7, 11) is 0. The van der Waals surface area contributed by atoms with Crippen molar-refractivity contribution in [1.29, 1.82) is 0 Å². The van der Waals surface area contributed by atoms with Crippen molar-refractivity contribution in [2.75, 3.05) is 0 Å². The predicted molar refractivity (Wildman–Crippen MR) is 229 cm³/mol. The predicted octanol–water partition coefficient (Wildman–Crippen LogP) is 13.2. The molecule has 0 saturated heterocycles. The van der Waals surface area contributed by atoms with Crippen molar-refractivity contribution in [2.45, 2.75) is 0 Å². The van der Waals surface area contributed by atoms with E-state index in [1.807, 2.05) is 42.5 Å². The van der Waals surface area contributed by atoms with Crippen LogP contribution in [0.5, 0.6) is 0 Å². The molecule has 0 aliphatic carbocycles. The van der Waals surface area contributed by atoms with E-state index in [1.54, 1.807) is 0 Å². The van der Waals surface area contributed by atoms with Gasteiger partial charge in [-0.1, -0.05) is 164 Å². The third-order valence-corrected chi connectivity index (χ3v) is 10.7. The molecule has 5 heteroatoms. The van der Waals surface area contributed by atoms with Crippen molar-refractivity contribution in [1.82, 2.24) is 19.5 Å². The van der Waals surface area contributed by atoms with Crippen molar-refractivity contribution in [2.24, 2.45) is 0 Å². The summed E-state index contributed by atoms with van der Waals surface area (Å²) in [6.07, 6.45) is 0. The maximum atomic E-state index is 6.62. The van der Waals surface area contributed by atoms with E-state index in [9.17, 15) is 0 Å². The molecule has 0 bridgehead atoms. The Balaban J connectivity index is 1.01. The van der Waals surface area contributed by atoms with Crippen LogP contribution in [-0.4, -0.2) is 19.5 Å². The topological polar surface area (TPSA) is 56.7 Å². The molecule has 0 saturated carbocycles. The number of nitrogens with zero attached hydrogens (tertiary/aromatic N) is 4. The average Bonchev–Trinajstić information content (AvgIpc) is 3.83. The molecule has 11 aromatic rings. The summed E-state index contributed by atoms with van der Waals surface area (Å²) in [5.74, 6) is 1.82. The van der Waals surface area contributed by atoms with Gasteiger partial charge in [-0.3, -0.25) is 4.57 Å². The van der Waals surface area contributed by atoms with E-state index in [0.29, 0.717) is 17.6 Å². The Morgan fingerprint density at radius 2 is 0.875 bits per heavy atom. The lowest BCUT2D eigenvalue weighted by atomic mass is 9.93. The molecule has 8 aromatic carbocycles. The number of fused-ring (bicyclic) bond motifs is 6. The van der Waals surface area contributed by atoms with Crippen molar-refractivity contribution in [3.63, 3.8) is 0 Å². The molecule has 0 atom stereocenters. The molecule has 0 amide bonds. The number of furan rings is 1. The Kier molecular flexibility index (Phi) is 7.42. The van der Waals surface area contributed by atoms with Gasteiger partial charge in [-0.25, -0.2) is 4.98 Å². The van der Waals surface area contributed by atoms with Crippen LogP contribution in [0.25, 0.3) is 106 Å². The monoisotopic (exact) mass is 716 g/mol. The zero-order valence-electron chi connectivity index (χ0n) is 30.2. The second-order valence-electron chi connectivity index (χ2n) is 14.0. The normalized spacial score (nSPS) is 11.6. The zero-order valence-corrected chi connectivity index (χ0v) is 30.2. The summed E-state index contributed by atoms with van der Waals surface area (Å²) >= 11 is 0. The highest BCUT2D eigenvalue weighted by molar-refractivity contribution is 6.16. The Labute approximate surface area is 322 Å². The first-order chi connectivity index (χ1) is 27.8. The van der Waals surface area contributed by atoms with E-state index in [1.165, 1.54) is 5.56 Å². The van der Waals surface area contributed by atoms with Crippen LogP contribution in [0.15, 0.2) is 199 Å². The molecule has 56 heavy (non-hydrogen) atoms. The Morgan fingerprint density at radius 1 is 0.357 bits per heavy atom. The molecule has 3 aromatic heterocycles. The average molecular weight is 717 g/mol. The maximum absolute atomic E-state index is 6.62. The van der Waals surface area contributed by atoms with E-state index in [2.05, 4.69) is 156 Å². The summed E-state index contributed by atoms with van der Waals surface area (Å²) in [6, 6.07) is 67.4. The van der Waals surface area contributed by atoms with Crippen molar-refractivity contribution >= 4 is 43.7 Å². The van der Waals surface area contributed by atoms with E-state index in [4.69, 9.17) is 19.4 Å². The first kappa shape index (κ1) is 31.9. The van der Waals surface area contributed by atoms with E-state index >= 15 is 0 Å². The van der Waals surface area contributed by atoms with Gasteiger partial charge in [0.2, 0.25) is 5.95 Å². The van der Waals surface area contributed by atoms with Gasteiger partial charge in [-0.2, -0.15) is 9.97 Å². The maximum Gasteiger partial charge on any atom is 0.238 e. The molecule has 262 valence electrons. The summed E-state index contributed by atoms with van der Waals surface area (Å²) in [5.41, 5.74) is 12.4. The standard InChI is InChI=1S/C51H32N4O/c1-3-14-34(15-4-1)39-30-31-40(48-47(39)43-22-9-12-25-46(43)56-48)38-19-13-18-37(32-38)33-26-28-36(29-27-33)50-52-49(35-16-5-2-6-17-35)53-51(54-50)55-44-23-10-7-20-41(44)42-21-8-11-24-45(42)55/h1-32H. The Hall–Kier alpha value is -7.63. The number of hydrogen-bond donors (Lipinski definition) is 0. The van der Waals surface area contributed by atoms with Gasteiger partial charge in [0.25, 0.3) is 0 Å². The van der Waals surface area contributed by atoms with Crippen LogP contribution in [0.2, 0.25) is 0 Å². The number of benzene rings is 8. The molecule has 0 unspecified atom stereocenters. The molecule has 5 nitrogen and oxygen atoms in total. The zero-order chi connectivity index (χ0) is 37.0. The lowest BCUT2D eigenvalue weighted by Gasteiger charge is -2.12. The highest BCUT2D eigenvalue weighted by atomic mass is 16.3. The summed E-state index contributed by atoms with van der Waals surface area (Å²) in [6.45, 7) is 0. The van der Waals surface area contributed by atoms with E-state index in [0.717, 1.165) is 82.7 Å². The lowest BCUT2D eigenvalue weighted by molar-refractivity contribution is 0.670. The smallest absolute Gasteiger partial charge is 0.238 e. The third-order valence-electron chi connectivity index (χ3n) is 10.7. The van der Waals surface area contributed by atoms with Gasteiger partial charge in [0.05, 0.1) is 11.0 Å². The van der Waals surface area contributed by atoms with Gasteiger partial charge in [0.15, 0.2) is 11.6 Å². The largest absolute Gasteiger partial charge is 0.455 e. The van der Waals surface area contributed by atoms with Crippen molar-refractivity contribution < 1.29 is 4.42 Å². The minimum absolute atomic E-state index is 0.582. The number of para-hydroxylation sites is 3. The van der Waals surface area contributed by atoms with Gasteiger partial charge in [0, 0.05) is 38.2 Å². The molecule has 0 aliphatic rings. The van der Waals surface area contributed by atoms with E-state index < -0.39 is 0 Å². The third kappa shape index (κ3) is 5.29. The minimum atomic E-state index is 0.582. The number of aromatic nitrogens is 4. The molecule has 0 fully saturated rings.